The maximum absolute atomic E-state index is 13.4. The number of carbonyl (C=O) groups is 1. The second-order valence-electron chi connectivity index (χ2n) is 3.79. The molecule has 0 aromatic heterocycles. The van der Waals surface area contributed by atoms with Gasteiger partial charge >= 0.3 is 0 Å². The molecule has 2 aromatic rings. The number of anilines is 2. The summed E-state index contributed by atoms with van der Waals surface area (Å²) in [5.41, 5.74) is 5.48. The molecule has 0 saturated carbocycles. The van der Waals surface area contributed by atoms with Crippen LogP contribution >= 0.6 is 11.6 Å². The van der Waals surface area contributed by atoms with E-state index in [1.54, 1.807) is 0 Å². The minimum atomic E-state index is -0.852. The monoisotopic (exact) mass is 282 g/mol. The Hall–Kier alpha value is -2.14. The van der Waals surface area contributed by atoms with Crippen LogP contribution in [0.5, 0.6) is 0 Å². The molecule has 0 aliphatic heterocycles. The van der Waals surface area contributed by atoms with E-state index in [-0.39, 0.29) is 10.6 Å². The highest BCUT2D eigenvalue weighted by Gasteiger charge is 2.14. The van der Waals surface area contributed by atoms with E-state index in [0.29, 0.717) is 5.69 Å². The lowest BCUT2D eigenvalue weighted by Crippen LogP contribution is -2.14. The average Bonchev–Trinajstić information content (AvgIpc) is 2.37. The Bertz CT molecular complexity index is 626. The number of carbonyl (C=O) groups excluding carboxylic acids is 1. The largest absolute Gasteiger partial charge is 0.398 e. The zero-order valence-corrected chi connectivity index (χ0v) is 10.3. The van der Waals surface area contributed by atoms with E-state index in [2.05, 4.69) is 5.32 Å². The van der Waals surface area contributed by atoms with Gasteiger partial charge in [-0.15, -0.1) is 0 Å². The molecule has 0 aliphatic carbocycles. The Morgan fingerprint density at radius 2 is 1.79 bits per heavy atom. The van der Waals surface area contributed by atoms with Crippen molar-refractivity contribution in [2.45, 2.75) is 0 Å². The molecular formula is C13H9ClF2N2O. The molecule has 0 heterocycles. The quantitative estimate of drug-likeness (QED) is 0.829. The van der Waals surface area contributed by atoms with Crippen LogP contribution in [0.25, 0.3) is 0 Å². The highest BCUT2D eigenvalue weighted by molar-refractivity contribution is 6.33. The Kier molecular flexibility index (Phi) is 3.66. The van der Waals surface area contributed by atoms with Crippen LogP contribution in [0, 0.1) is 11.6 Å². The molecule has 2 aromatic carbocycles. The van der Waals surface area contributed by atoms with Crippen LogP contribution < -0.4 is 11.1 Å². The van der Waals surface area contributed by atoms with Crippen LogP contribution in [0.2, 0.25) is 5.02 Å². The maximum Gasteiger partial charge on any atom is 0.255 e. The molecule has 3 nitrogen and oxygen atoms in total. The second-order valence-corrected chi connectivity index (χ2v) is 4.19. The van der Waals surface area contributed by atoms with Gasteiger partial charge in [0.15, 0.2) is 0 Å². The van der Waals surface area contributed by atoms with Crippen LogP contribution in [-0.2, 0) is 0 Å². The van der Waals surface area contributed by atoms with Gasteiger partial charge in [-0.1, -0.05) is 17.7 Å². The summed E-state index contributed by atoms with van der Waals surface area (Å²) in [5.74, 6) is -2.38. The van der Waals surface area contributed by atoms with Crippen molar-refractivity contribution >= 4 is 28.9 Å². The van der Waals surface area contributed by atoms with Gasteiger partial charge < -0.3 is 11.1 Å². The van der Waals surface area contributed by atoms with Crippen LogP contribution in [0.15, 0.2) is 36.4 Å². The van der Waals surface area contributed by atoms with Crippen molar-refractivity contribution in [2.24, 2.45) is 0 Å². The predicted molar refractivity (Wildman–Crippen MR) is 70.2 cm³/mol. The molecular weight excluding hydrogens is 274 g/mol. The van der Waals surface area contributed by atoms with Crippen molar-refractivity contribution < 1.29 is 13.6 Å². The summed E-state index contributed by atoms with van der Waals surface area (Å²) >= 11 is 5.77. The number of para-hydroxylation sites is 1. The molecule has 19 heavy (non-hydrogen) atoms. The molecule has 6 heteroatoms. The van der Waals surface area contributed by atoms with Gasteiger partial charge in [0.2, 0.25) is 0 Å². The van der Waals surface area contributed by atoms with E-state index in [1.807, 2.05) is 0 Å². The molecule has 0 saturated heterocycles. The van der Waals surface area contributed by atoms with Crippen molar-refractivity contribution in [1.29, 1.82) is 0 Å². The van der Waals surface area contributed by atoms with Crippen molar-refractivity contribution in [1.82, 2.24) is 0 Å². The molecule has 0 atom stereocenters. The average molecular weight is 283 g/mol. The molecule has 1 amide bonds. The van der Waals surface area contributed by atoms with Crippen LogP contribution in [0.3, 0.4) is 0 Å². The first kappa shape index (κ1) is 13.3. The van der Waals surface area contributed by atoms with Gasteiger partial charge in [0.25, 0.3) is 5.91 Å². The Labute approximate surface area is 113 Å². The molecule has 0 radical (unpaired) electrons. The Morgan fingerprint density at radius 1 is 1.16 bits per heavy atom. The smallest absolute Gasteiger partial charge is 0.255 e. The number of nitrogens with one attached hydrogen (secondary N) is 1. The summed E-state index contributed by atoms with van der Waals surface area (Å²) in [6.45, 7) is 0. The van der Waals surface area contributed by atoms with E-state index in [4.69, 9.17) is 17.3 Å². The van der Waals surface area contributed by atoms with Crippen LogP contribution in [0.1, 0.15) is 10.4 Å². The molecule has 98 valence electrons. The maximum atomic E-state index is 13.4. The topological polar surface area (TPSA) is 55.1 Å². The minimum Gasteiger partial charge on any atom is -0.398 e. The van der Waals surface area contributed by atoms with E-state index in [0.717, 1.165) is 12.1 Å². The van der Waals surface area contributed by atoms with Gasteiger partial charge in [-0.25, -0.2) is 8.78 Å². The van der Waals surface area contributed by atoms with E-state index < -0.39 is 23.2 Å². The fourth-order valence-corrected chi connectivity index (χ4v) is 1.65. The molecule has 3 N–H and O–H groups in total. The van der Waals surface area contributed by atoms with Gasteiger partial charge in [-0.3, -0.25) is 4.79 Å². The lowest BCUT2D eigenvalue weighted by molar-refractivity contribution is 0.102. The molecule has 0 unspecified atom stereocenters. The predicted octanol–water partition coefficient (Wildman–Crippen LogP) is 3.45. The third-order valence-electron chi connectivity index (χ3n) is 2.46. The molecule has 0 spiro atoms. The number of halogens is 3. The number of benzene rings is 2. The fourth-order valence-electron chi connectivity index (χ4n) is 1.47. The fraction of sp³-hybridized carbons (Fsp3) is 0. The summed E-state index contributed by atoms with van der Waals surface area (Å²) in [4.78, 5) is 11.8. The van der Waals surface area contributed by atoms with Crippen molar-refractivity contribution in [3.8, 4) is 0 Å². The summed E-state index contributed by atoms with van der Waals surface area (Å²) in [6, 6.07) is 7.49. The summed E-state index contributed by atoms with van der Waals surface area (Å²) in [5, 5.41) is 2.35. The first-order valence-electron chi connectivity index (χ1n) is 5.29. The number of nitrogen functional groups attached to an aromatic ring is 1. The number of amides is 1. The normalized spacial score (nSPS) is 10.3. The van der Waals surface area contributed by atoms with Gasteiger partial charge in [0.1, 0.15) is 17.3 Å². The number of hydrogen-bond acceptors (Lipinski definition) is 2. The first-order valence-corrected chi connectivity index (χ1v) is 5.67. The van der Waals surface area contributed by atoms with Crippen molar-refractivity contribution in [3.05, 3.63) is 58.6 Å². The summed E-state index contributed by atoms with van der Waals surface area (Å²) in [6.07, 6.45) is 0. The zero-order chi connectivity index (χ0) is 14.0. The number of nitrogens with two attached hydrogens (primary N) is 1. The minimum absolute atomic E-state index is 0.154. The summed E-state index contributed by atoms with van der Waals surface area (Å²) in [7, 11) is 0. The standard InChI is InChI=1S/C13H9ClF2N2O/c14-8-6-7(4-5-11(8)17)13(19)18-12-9(15)2-1-3-10(12)16/h1-6H,17H2,(H,18,19). The van der Waals surface area contributed by atoms with Gasteiger partial charge in [-0.05, 0) is 30.3 Å². The molecule has 0 fully saturated rings. The Balaban J connectivity index is 2.28. The number of hydrogen-bond donors (Lipinski definition) is 2. The van der Waals surface area contributed by atoms with E-state index in [9.17, 15) is 13.6 Å². The third kappa shape index (κ3) is 2.82. The summed E-state index contributed by atoms with van der Waals surface area (Å²) < 4.78 is 26.7. The Morgan fingerprint density at radius 3 is 2.37 bits per heavy atom. The van der Waals surface area contributed by atoms with Crippen molar-refractivity contribution in [3.63, 3.8) is 0 Å². The zero-order valence-electron chi connectivity index (χ0n) is 9.58. The van der Waals surface area contributed by atoms with Crippen LogP contribution in [-0.4, -0.2) is 5.91 Å². The molecule has 2 rings (SSSR count). The van der Waals surface area contributed by atoms with Gasteiger partial charge in [0.05, 0.1) is 10.7 Å². The SMILES string of the molecule is Nc1ccc(C(=O)Nc2c(F)cccc2F)cc1Cl. The molecule has 0 aliphatic rings. The van der Waals surface area contributed by atoms with E-state index in [1.165, 1.54) is 24.3 Å². The first-order chi connectivity index (χ1) is 8.99. The molecule has 0 bridgehead atoms. The van der Waals surface area contributed by atoms with Crippen molar-refractivity contribution in [2.75, 3.05) is 11.1 Å². The lowest BCUT2D eigenvalue weighted by Gasteiger charge is -2.08. The van der Waals surface area contributed by atoms with Gasteiger partial charge in [0, 0.05) is 5.56 Å². The van der Waals surface area contributed by atoms with Crippen LogP contribution in [0.4, 0.5) is 20.2 Å². The highest BCUT2D eigenvalue weighted by Crippen LogP contribution is 2.22. The van der Waals surface area contributed by atoms with Gasteiger partial charge in [-0.2, -0.15) is 0 Å². The number of rotatable bonds is 2. The third-order valence-corrected chi connectivity index (χ3v) is 2.79. The lowest BCUT2D eigenvalue weighted by atomic mass is 10.2. The second kappa shape index (κ2) is 5.24. The highest BCUT2D eigenvalue weighted by atomic mass is 35.5. The van der Waals surface area contributed by atoms with E-state index >= 15 is 0 Å².